The monoisotopic (exact) mass is 1010 g/mol. The number of hydrogen-bond acceptors (Lipinski definition) is 15. The van der Waals surface area contributed by atoms with Crippen LogP contribution in [0.25, 0.3) is 39.4 Å². The van der Waals surface area contributed by atoms with Gasteiger partial charge in [0.2, 0.25) is 11.7 Å². The van der Waals surface area contributed by atoms with Crippen LogP contribution in [0.15, 0.2) is 89.7 Å². The molecule has 0 saturated heterocycles. The summed E-state index contributed by atoms with van der Waals surface area (Å²) in [6, 6.07) is 23.2. The van der Waals surface area contributed by atoms with E-state index in [0.29, 0.717) is 58.3 Å². The second-order valence-electron chi connectivity index (χ2n) is 18.2. The van der Waals surface area contributed by atoms with Gasteiger partial charge in [0, 0.05) is 54.1 Å². The fraction of sp³-hybridized carbons (Fsp3) is 0.296. The molecule has 3 amide bonds. The number of rotatable bonds is 16. The number of aromatic hydroxyl groups is 2. The number of nitrogens with zero attached hydrogens (tertiary/aromatic N) is 6. The lowest BCUT2D eigenvalue weighted by Crippen LogP contribution is -2.44. The molecule has 4 aromatic carbocycles. The number of phenols is 2. The molecule has 0 bridgehead atoms. The number of pyridine rings is 2. The van der Waals surface area contributed by atoms with Crippen molar-refractivity contribution < 1.29 is 53.4 Å². The topological polar surface area (TPSA) is 259 Å². The van der Waals surface area contributed by atoms with E-state index in [2.05, 4.69) is 20.8 Å². The molecular weight excluding hydrogens is 953 g/mol. The number of likely N-dealkylation sites (N-methyl/N-ethyl adjacent to an activating group) is 1. The molecule has 5 N–H and O–H groups in total. The van der Waals surface area contributed by atoms with Crippen LogP contribution in [0, 0.1) is 0 Å². The van der Waals surface area contributed by atoms with Gasteiger partial charge in [0.1, 0.15) is 42.0 Å². The number of amides is 3. The maximum Gasteiger partial charge on any atom is 0.415 e. The molecule has 1 atom stereocenters. The number of aromatic nitrogens is 5. The summed E-state index contributed by atoms with van der Waals surface area (Å²) < 4.78 is 25.7. The quantitative estimate of drug-likeness (QED) is 0.0480. The highest BCUT2D eigenvalue weighted by Gasteiger charge is 2.45. The second kappa shape index (κ2) is 20.5. The number of hydrogen-bond donors (Lipinski definition) is 5. The molecule has 3 aromatic heterocycles. The van der Waals surface area contributed by atoms with E-state index in [4.69, 9.17) is 23.9 Å². The largest absolute Gasteiger partial charge is 0.508 e. The fourth-order valence-corrected chi connectivity index (χ4v) is 9.17. The standard InChI is InChI=1S/C54H54N8O12/c1-7-35-37-22-34(18-19-42(37)57-47-39(35)26-61-43(47)24-41-40(51(61)67)27-72-52(68)54(41,70)8-2)74-53(69)60(6)20-21-71-28-46(65)56-30-10-14-32(15-11-30)73-33-16-12-31(13-17-33)62-48(58-59-49(62)50(66)55-9-3)38-23-36(29(4)5)44(63)25-45(38)64/h10-19,22-25,29,63-64,70H,7-9,20-21,26-28H2,1-6H3,(H,55,66)(H,56,65)/t54-/m0/s1. The molecule has 0 fully saturated rings. The maximum absolute atomic E-state index is 13.7. The van der Waals surface area contributed by atoms with E-state index < -0.39 is 29.5 Å². The van der Waals surface area contributed by atoms with Crippen LogP contribution in [-0.2, 0) is 44.2 Å². The van der Waals surface area contributed by atoms with Gasteiger partial charge in [-0.05, 0) is 116 Å². The summed E-state index contributed by atoms with van der Waals surface area (Å²) in [5, 5.41) is 47.2. The number of carbonyl (C=O) groups is 4. The molecule has 2 aliphatic rings. The van der Waals surface area contributed by atoms with Crippen molar-refractivity contribution in [2.24, 2.45) is 0 Å². The van der Waals surface area contributed by atoms with E-state index in [-0.39, 0.29) is 96.4 Å². The number of nitrogens with one attached hydrogen (secondary N) is 2. The van der Waals surface area contributed by atoms with E-state index in [1.54, 1.807) is 104 Å². The average molecular weight is 1010 g/mol. The van der Waals surface area contributed by atoms with Crippen molar-refractivity contribution in [1.82, 2.24) is 34.5 Å². The predicted molar refractivity (Wildman–Crippen MR) is 271 cm³/mol. The van der Waals surface area contributed by atoms with Crippen molar-refractivity contribution in [3.63, 3.8) is 0 Å². The lowest BCUT2D eigenvalue weighted by atomic mass is 9.86. The predicted octanol–water partition coefficient (Wildman–Crippen LogP) is 7.05. The number of aryl methyl sites for hydroxylation is 1. The summed E-state index contributed by atoms with van der Waals surface area (Å²) in [5.74, 6) is -0.596. The van der Waals surface area contributed by atoms with Gasteiger partial charge >= 0.3 is 12.1 Å². The SMILES string of the molecule is CCNC(=O)c1nnc(-c2cc(C(C)C)c(O)cc2O)n1-c1ccc(Oc2ccc(NC(=O)COCCN(C)C(=O)Oc3ccc4nc5c(c(CC)c4c3)Cn3c-5cc4c(c3=O)COC(=O)[C@]4(O)CC)cc2)cc1. The molecular formula is C54H54N8O12. The molecule has 20 nitrogen and oxygen atoms in total. The van der Waals surface area contributed by atoms with Crippen molar-refractivity contribution in [2.75, 3.05) is 38.7 Å². The minimum Gasteiger partial charge on any atom is -0.508 e. The molecule has 0 aliphatic carbocycles. The number of benzene rings is 4. The third-order valence-corrected chi connectivity index (χ3v) is 13.1. The van der Waals surface area contributed by atoms with Gasteiger partial charge in [-0.3, -0.25) is 19.0 Å². The Morgan fingerprint density at radius 2 is 1.61 bits per heavy atom. The summed E-state index contributed by atoms with van der Waals surface area (Å²) in [5.41, 5.74) is 3.53. The van der Waals surface area contributed by atoms with Crippen LogP contribution < -0.4 is 25.7 Å². The number of ether oxygens (including phenoxy) is 4. The number of cyclic esters (lactones) is 1. The van der Waals surface area contributed by atoms with Gasteiger partial charge in [-0.25, -0.2) is 14.6 Å². The van der Waals surface area contributed by atoms with Gasteiger partial charge in [-0.1, -0.05) is 27.7 Å². The van der Waals surface area contributed by atoms with Crippen molar-refractivity contribution in [2.45, 2.75) is 72.1 Å². The average Bonchev–Trinajstić information content (AvgIpc) is 4.00. The van der Waals surface area contributed by atoms with Gasteiger partial charge in [0.15, 0.2) is 11.4 Å². The molecule has 7 aromatic rings. The highest BCUT2D eigenvalue weighted by Crippen LogP contribution is 2.42. The number of anilines is 1. The van der Waals surface area contributed by atoms with E-state index in [0.717, 1.165) is 16.5 Å². The van der Waals surface area contributed by atoms with E-state index in [9.17, 15) is 39.3 Å². The second-order valence-corrected chi connectivity index (χ2v) is 18.2. The Morgan fingerprint density at radius 1 is 0.892 bits per heavy atom. The van der Waals surface area contributed by atoms with Gasteiger partial charge in [0.25, 0.3) is 11.5 Å². The molecule has 5 heterocycles. The van der Waals surface area contributed by atoms with E-state index >= 15 is 0 Å². The van der Waals surface area contributed by atoms with Crippen LogP contribution >= 0.6 is 0 Å². The van der Waals surface area contributed by atoms with E-state index in [1.165, 1.54) is 15.5 Å². The number of carbonyl (C=O) groups excluding carboxylic acids is 4. The fourth-order valence-electron chi connectivity index (χ4n) is 9.17. The summed E-state index contributed by atoms with van der Waals surface area (Å²) in [6.07, 6.45) is -0.0215. The van der Waals surface area contributed by atoms with E-state index in [1.807, 2.05) is 20.8 Å². The zero-order chi connectivity index (χ0) is 52.6. The van der Waals surface area contributed by atoms with Gasteiger partial charge < -0.3 is 54.4 Å². The normalized spacial score (nSPS) is 14.5. The Hall–Kier alpha value is -8.62. The summed E-state index contributed by atoms with van der Waals surface area (Å²) in [4.78, 5) is 71.5. The summed E-state index contributed by atoms with van der Waals surface area (Å²) in [6.45, 7) is 9.50. The molecule has 0 radical (unpaired) electrons. The van der Waals surface area contributed by atoms with Gasteiger partial charge in [0.05, 0.1) is 41.2 Å². The van der Waals surface area contributed by atoms with Crippen LogP contribution in [0.3, 0.4) is 0 Å². The van der Waals surface area contributed by atoms with Crippen molar-refractivity contribution >= 4 is 40.5 Å². The van der Waals surface area contributed by atoms with Crippen LogP contribution in [0.2, 0.25) is 0 Å². The number of fused-ring (bicyclic) bond motifs is 5. The first-order chi connectivity index (χ1) is 35.5. The third-order valence-electron chi connectivity index (χ3n) is 13.1. The van der Waals surface area contributed by atoms with Crippen LogP contribution in [0.4, 0.5) is 10.5 Å². The lowest BCUT2D eigenvalue weighted by Gasteiger charge is -2.31. The lowest BCUT2D eigenvalue weighted by molar-refractivity contribution is -0.172. The first-order valence-electron chi connectivity index (χ1n) is 24.1. The Bertz CT molecular complexity index is 3420. The Labute approximate surface area is 424 Å². The van der Waals surface area contributed by atoms with Crippen molar-refractivity contribution in [3.05, 3.63) is 129 Å². The molecule has 20 heteroatoms. The van der Waals surface area contributed by atoms with Gasteiger partial charge in [-0.15, -0.1) is 10.2 Å². The smallest absolute Gasteiger partial charge is 0.415 e. The molecule has 9 rings (SSSR count). The van der Waals surface area contributed by atoms with Crippen LogP contribution in [0.5, 0.6) is 28.7 Å². The minimum absolute atomic E-state index is 0.00259. The van der Waals surface area contributed by atoms with Crippen molar-refractivity contribution in [3.8, 4) is 57.2 Å². The molecule has 2 aliphatic heterocycles. The summed E-state index contributed by atoms with van der Waals surface area (Å²) >= 11 is 0. The third kappa shape index (κ3) is 9.47. The first-order valence-corrected chi connectivity index (χ1v) is 24.1. The van der Waals surface area contributed by atoms with Gasteiger partial charge in [-0.2, -0.15) is 0 Å². The van der Waals surface area contributed by atoms with Crippen LogP contribution in [0.1, 0.15) is 85.4 Å². The highest BCUT2D eigenvalue weighted by molar-refractivity contribution is 5.93. The Morgan fingerprint density at radius 3 is 2.30 bits per heavy atom. The summed E-state index contributed by atoms with van der Waals surface area (Å²) in [7, 11) is 1.55. The first kappa shape index (κ1) is 50.3. The number of phenolic OH excluding ortho intramolecular Hbond substituents is 2. The van der Waals surface area contributed by atoms with Crippen LogP contribution in [-0.4, -0.2) is 102 Å². The zero-order valence-corrected chi connectivity index (χ0v) is 41.5. The minimum atomic E-state index is -1.93. The molecule has 382 valence electrons. The highest BCUT2D eigenvalue weighted by atomic mass is 16.6. The number of aliphatic hydroxyl groups is 1. The molecule has 0 saturated carbocycles. The Balaban J connectivity index is 0.774. The molecule has 0 spiro atoms. The maximum atomic E-state index is 13.7. The number of esters is 1. The molecule has 74 heavy (non-hydrogen) atoms. The molecule has 0 unspecified atom stereocenters. The zero-order valence-electron chi connectivity index (χ0n) is 41.5. The Kier molecular flexibility index (Phi) is 13.9. The van der Waals surface area contributed by atoms with Crippen molar-refractivity contribution in [1.29, 1.82) is 0 Å².